The van der Waals surface area contributed by atoms with Crippen LogP contribution in [0.1, 0.15) is 17.3 Å². The van der Waals surface area contributed by atoms with Crippen LogP contribution in [0.15, 0.2) is 18.2 Å². The van der Waals surface area contributed by atoms with E-state index in [0.717, 1.165) is 0 Å². The number of carbonyl (C=O) groups excluding carboxylic acids is 1. The lowest BCUT2D eigenvalue weighted by molar-refractivity contribution is -0.0300. The van der Waals surface area contributed by atoms with Crippen LogP contribution >= 0.6 is 23.2 Å². The minimum Gasteiger partial charge on any atom is -0.373 e. The molecule has 19 heavy (non-hydrogen) atoms. The first kappa shape index (κ1) is 14.6. The topological polar surface area (TPSA) is 55.6 Å². The molecule has 6 heteroatoms. The molecule has 4 nitrogen and oxygen atoms in total. The van der Waals surface area contributed by atoms with Gasteiger partial charge in [0.2, 0.25) is 0 Å². The SMILES string of the molecule is CC(N)C1CN(C(=O)c2cccc(Cl)c2Cl)CCO1. The highest BCUT2D eigenvalue weighted by molar-refractivity contribution is 6.43. The molecule has 2 unspecified atom stereocenters. The van der Waals surface area contributed by atoms with Gasteiger partial charge in [0.1, 0.15) is 0 Å². The van der Waals surface area contributed by atoms with Gasteiger partial charge in [-0.05, 0) is 19.1 Å². The smallest absolute Gasteiger partial charge is 0.255 e. The van der Waals surface area contributed by atoms with Crippen molar-refractivity contribution in [3.8, 4) is 0 Å². The average molecular weight is 303 g/mol. The maximum atomic E-state index is 12.4. The molecule has 2 rings (SSSR count). The van der Waals surface area contributed by atoms with Crippen LogP contribution in [0.25, 0.3) is 0 Å². The van der Waals surface area contributed by atoms with Crippen molar-refractivity contribution in [2.24, 2.45) is 5.73 Å². The van der Waals surface area contributed by atoms with E-state index in [0.29, 0.717) is 30.3 Å². The third-order valence-corrected chi connectivity index (χ3v) is 3.97. The standard InChI is InChI=1S/C13H16Cl2N2O2/c1-8(16)11-7-17(5-6-19-11)13(18)9-3-2-4-10(14)12(9)15/h2-4,8,11H,5-7,16H2,1H3. The number of rotatable bonds is 2. The second-order valence-corrected chi connectivity index (χ2v) is 5.41. The Morgan fingerprint density at radius 2 is 2.26 bits per heavy atom. The Morgan fingerprint density at radius 3 is 2.95 bits per heavy atom. The Balaban J connectivity index is 2.17. The minimum absolute atomic E-state index is 0.120. The lowest BCUT2D eigenvalue weighted by atomic mass is 10.1. The van der Waals surface area contributed by atoms with Gasteiger partial charge < -0.3 is 15.4 Å². The molecule has 104 valence electrons. The zero-order valence-electron chi connectivity index (χ0n) is 10.6. The largest absolute Gasteiger partial charge is 0.373 e. The summed E-state index contributed by atoms with van der Waals surface area (Å²) in [6.45, 7) is 3.35. The van der Waals surface area contributed by atoms with Gasteiger partial charge in [-0.15, -0.1) is 0 Å². The van der Waals surface area contributed by atoms with Crippen molar-refractivity contribution in [3.05, 3.63) is 33.8 Å². The number of halogens is 2. The Morgan fingerprint density at radius 1 is 1.53 bits per heavy atom. The summed E-state index contributed by atoms with van der Waals surface area (Å²) in [6.07, 6.45) is -0.143. The van der Waals surface area contributed by atoms with Gasteiger partial charge >= 0.3 is 0 Å². The van der Waals surface area contributed by atoms with Crippen LogP contribution in [0.4, 0.5) is 0 Å². The number of nitrogens with two attached hydrogens (primary N) is 1. The number of benzene rings is 1. The van der Waals surface area contributed by atoms with E-state index in [2.05, 4.69) is 0 Å². The Bertz CT molecular complexity index is 480. The number of hydrogen-bond donors (Lipinski definition) is 1. The molecule has 2 atom stereocenters. The molecule has 0 radical (unpaired) electrons. The zero-order valence-corrected chi connectivity index (χ0v) is 12.1. The second-order valence-electron chi connectivity index (χ2n) is 4.62. The first-order valence-electron chi connectivity index (χ1n) is 6.11. The quantitative estimate of drug-likeness (QED) is 0.911. The maximum Gasteiger partial charge on any atom is 0.255 e. The summed E-state index contributed by atoms with van der Waals surface area (Å²) in [5.41, 5.74) is 6.23. The lowest BCUT2D eigenvalue weighted by Gasteiger charge is -2.34. The third-order valence-electron chi connectivity index (χ3n) is 3.15. The van der Waals surface area contributed by atoms with Crippen LogP contribution in [-0.4, -0.2) is 42.6 Å². The molecule has 1 aromatic rings. The van der Waals surface area contributed by atoms with Crippen molar-refractivity contribution in [1.82, 2.24) is 4.90 Å². The normalized spacial score (nSPS) is 21.3. The molecule has 0 spiro atoms. The zero-order chi connectivity index (χ0) is 14.0. The van der Waals surface area contributed by atoms with Crippen LogP contribution < -0.4 is 5.73 Å². The van der Waals surface area contributed by atoms with E-state index in [-0.39, 0.29) is 23.1 Å². The van der Waals surface area contributed by atoms with Gasteiger partial charge in [-0.2, -0.15) is 0 Å². The van der Waals surface area contributed by atoms with E-state index in [4.69, 9.17) is 33.7 Å². The molecule has 1 heterocycles. The molecule has 0 bridgehead atoms. The van der Waals surface area contributed by atoms with Gasteiger partial charge in [0.25, 0.3) is 5.91 Å². The van der Waals surface area contributed by atoms with Crippen molar-refractivity contribution in [2.45, 2.75) is 19.1 Å². The number of morpholine rings is 1. The van der Waals surface area contributed by atoms with Crippen LogP contribution in [0.3, 0.4) is 0 Å². The van der Waals surface area contributed by atoms with Gasteiger partial charge in [0, 0.05) is 19.1 Å². The minimum atomic E-state index is -0.143. The molecule has 1 aromatic carbocycles. The molecule has 0 saturated carbocycles. The first-order valence-corrected chi connectivity index (χ1v) is 6.86. The van der Waals surface area contributed by atoms with Gasteiger partial charge in [-0.25, -0.2) is 0 Å². The Labute approximate surface area is 122 Å². The Hall–Kier alpha value is -0.810. The van der Waals surface area contributed by atoms with E-state index in [1.54, 1.807) is 23.1 Å². The summed E-state index contributed by atoms with van der Waals surface area (Å²) in [4.78, 5) is 14.1. The molecule has 1 amide bonds. The predicted octanol–water partition coefficient (Wildman–Crippen LogP) is 2.18. The lowest BCUT2D eigenvalue weighted by Crippen LogP contribution is -2.51. The molecule has 1 saturated heterocycles. The summed E-state index contributed by atoms with van der Waals surface area (Å²) in [7, 11) is 0. The van der Waals surface area contributed by atoms with Crippen molar-refractivity contribution in [3.63, 3.8) is 0 Å². The first-order chi connectivity index (χ1) is 9.00. The molecule has 2 N–H and O–H groups in total. The number of carbonyl (C=O) groups is 1. The van der Waals surface area contributed by atoms with Crippen molar-refractivity contribution in [1.29, 1.82) is 0 Å². The summed E-state index contributed by atoms with van der Waals surface area (Å²) in [6, 6.07) is 4.92. The fourth-order valence-electron chi connectivity index (χ4n) is 2.02. The van der Waals surface area contributed by atoms with Gasteiger partial charge in [0.15, 0.2) is 0 Å². The summed E-state index contributed by atoms with van der Waals surface area (Å²) in [5, 5.41) is 0.669. The van der Waals surface area contributed by atoms with Crippen molar-refractivity contribution in [2.75, 3.05) is 19.7 Å². The molecular formula is C13H16Cl2N2O2. The molecule has 1 aliphatic rings. The fourth-order valence-corrected chi connectivity index (χ4v) is 2.40. The second kappa shape index (κ2) is 6.09. The van der Waals surface area contributed by atoms with Gasteiger partial charge in [0.05, 0.1) is 28.3 Å². The van der Waals surface area contributed by atoms with Crippen LogP contribution in [0, 0.1) is 0 Å². The molecule has 0 aromatic heterocycles. The third kappa shape index (κ3) is 3.20. The van der Waals surface area contributed by atoms with Crippen LogP contribution in [0.2, 0.25) is 10.0 Å². The van der Waals surface area contributed by atoms with Crippen LogP contribution in [0.5, 0.6) is 0 Å². The van der Waals surface area contributed by atoms with E-state index in [9.17, 15) is 4.79 Å². The van der Waals surface area contributed by atoms with E-state index in [1.807, 2.05) is 6.92 Å². The molecule has 1 aliphatic heterocycles. The summed E-state index contributed by atoms with van der Waals surface area (Å²) < 4.78 is 5.53. The van der Waals surface area contributed by atoms with Gasteiger partial charge in [-0.1, -0.05) is 29.3 Å². The highest BCUT2D eigenvalue weighted by atomic mass is 35.5. The van der Waals surface area contributed by atoms with E-state index >= 15 is 0 Å². The van der Waals surface area contributed by atoms with Crippen molar-refractivity contribution >= 4 is 29.1 Å². The summed E-state index contributed by atoms with van der Waals surface area (Å²) in [5.74, 6) is -0.138. The molecular weight excluding hydrogens is 287 g/mol. The number of ether oxygens (including phenoxy) is 1. The van der Waals surface area contributed by atoms with E-state index in [1.165, 1.54) is 0 Å². The predicted molar refractivity (Wildman–Crippen MR) is 75.8 cm³/mol. The van der Waals surface area contributed by atoms with E-state index < -0.39 is 0 Å². The molecule has 0 aliphatic carbocycles. The van der Waals surface area contributed by atoms with Crippen LogP contribution in [-0.2, 0) is 4.74 Å². The maximum absolute atomic E-state index is 12.4. The number of amides is 1. The number of nitrogens with zero attached hydrogens (tertiary/aromatic N) is 1. The highest BCUT2D eigenvalue weighted by Crippen LogP contribution is 2.27. The van der Waals surface area contributed by atoms with Gasteiger partial charge in [-0.3, -0.25) is 4.79 Å². The highest BCUT2D eigenvalue weighted by Gasteiger charge is 2.28. The summed E-state index contributed by atoms with van der Waals surface area (Å²) >= 11 is 12.0. The fraction of sp³-hybridized carbons (Fsp3) is 0.462. The monoisotopic (exact) mass is 302 g/mol. The molecule has 1 fully saturated rings. The number of hydrogen-bond acceptors (Lipinski definition) is 3. The average Bonchev–Trinajstić information content (AvgIpc) is 2.41. The Kier molecular flexibility index (Phi) is 4.68. The van der Waals surface area contributed by atoms with Crippen molar-refractivity contribution < 1.29 is 9.53 Å².